The van der Waals surface area contributed by atoms with Crippen LogP contribution in [0.5, 0.6) is 11.5 Å². The molecule has 2 aromatic carbocycles. The summed E-state index contributed by atoms with van der Waals surface area (Å²) in [7, 11) is 2.97. The van der Waals surface area contributed by atoms with E-state index >= 15 is 0 Å². The number of carbonyl (C=O) groups excluding carboxylic acids is 2. The van der Waals surface area contributed by atoms with Crippen LogP contribution >= 0.6 is 11.6 Å². The number of ketones is 1. The van der Waals surface area contributed by atoms with E-state index in [4.69, 9.17) is 25.5 Å². The number of Topliss-reactive ketones (excluding diaryl/α,β-unsaturated/α-hetero) is 1. The molecule has 0 bridgehead atoms. The summed E-state index contributed by atoms with van der Waals surface area (Å²) >= 11 is 6.30. The summed E-state index contributed by atoms with van der Waals surface area (Å²) in [5.74, 6) is -0.786. The minimum Gasteiger partial charge on any atom is -0.507 e. The van der Waals surface area contributed by atoms with Crippen molar-refractivity contribution in [2.45, 2.75) is 19.5 Å². The molecule has 2 heterocycles. The number of aliphatic hydroxyl groups excluding tert-OH is 1. The summed E-state index contributed by atoms with van der Waals surface area (Å²) in [4.78, 5) is 27.6. The van der Waals surface area contributed by atoms with E-state index < -0.39 is 17.7 Å². The van der Waals surface area contributed by atoms with Crippen molar-refractivity contribution in [3.05, 3.63) is 87.8 Å². The van der Waals surface area contributed by atoms with Crippen molar-refractivity contribution in [1.82, 2.24) is 4.90 Å². The maximum atomic E-state index is 13.2. The van der Waals surface area contributed by atoms with Crippen LogP contribution in [0.3, 0.4) is 0 Å². The van der Waals surface area contributed by atoms with Gasteiger partial charge in [0.25, 0.3) is 11.7 Å². The predicted octanol–water partition coefficient (Wildman–Crippen LogP) is 4.88. The van der Waals surface area contributed by atoms with E-state index in [1.165, 1.54) is 18.3 Å². The number of benzene rings is 2. The molecule has 1 aliphatic rings. The first kappa shape index (κ1) is 22.5. The lowest BCUT2D eigenvalue weighted by Gasteiger charge is -2.23. The number of rotatable bonds is 6. The number of methoxy groups -OCH3 is 2. The normalized spacial score (nSPS) is 17.5. The van der Waals surface area contributed by atoms with E-state index in [0.29, 0.717) is 11.5 Å². The first-order valence-corrected chi connectivity index (χ1v) is 10.5. The lowest BCUT2D eigenvalue weighted by molar-refractivity contribution is -0.140. The first-order valence-electron chi connectivity index (χ1n) is 10.1. The molecule has 0 aliphatic carbocycles. The second-order valence-electron chi connectivity index (χ2n) is 7.62. The first-order chi connectivity index (χ1) is 15.8. The molecule has 1 fully saturated rings. The van der Waals surface area contributed by atoms with Crippen LogP contribution in [0.4, 0.5) is 0 Å². The van der Waals surface area contributed by atoms with E-state index in [-0.39, 0.29) is 34.2 Å². The van der Waals surface area contributed by atoms with Gasteiger partial charge in [-0.05, 0) is 54.4 Å². The maximum absolute atomic E-state index is 13.2. The topological polar surface area (TPSA) is 89.2 Å². The Hall–Kier alpha value is -3.71. The maximum Gasteiger partial charge on any atom is 0.296 e. The van der Waals surface area contributed by atoms with Crippen LogP contribution in [0.25, 0.3) is 5.76 Å². The smallest absolute Gasteiger partial charge is 0.296 e. The molecule has 4 rings (SSSR count). The highest BCUT2D eigenvalue weighted by atomic mass is 35.5. The number of aliphatic hydroxyl groups is 1. The highest BCUT2D eigenvalue weighted by molar-refractivity contribution is 6.46. The Balaban J connectivity index is 1.88. The Morgan fingerprint density at radius 2 is 1.91 bits per heavy atom. The number of nitrogens with zero attached hydrogens (tertiary/aromatic N) is 1. The third kappa shape index (κ3) is 4.07. The standard InChI is InChI=1S/C25H22ClNO6/c1-14-10-17(24(32-3)18(26)11-14)22(28)20-21(19-8-5-9-33-19)27(25(30)23(20)29)13-15-6-4-7-16(12-15)31-2/h4-12,21,28H,13H2,1-3H3/b22-20-. The zero-order valence-electron chi connectivity index (χ0n) is 18.3. The average Bonchev–Trinajstić information content (AvgIpc) is 3.41. The molecule has 7 nitrogen and oxygen atoms in total. The lowest BCUT2D eigenvalue weighted by Crippen LogP contribution is -2.29. The molecule has 33 heavy (non-hydrogen) atoms. The van der Waals surface area contributed by atoms with Gasteiger partial charge in [0.05, 0.1) is 36.6 Å². The molecule has 8 heteroatoms. The number of carbonyl (C=O) groups is 2. The second kappa shape index (κ2) is 9.03. The molecule has 3 aromatic rings. The number of aryl methyl sites for hydroxylation is 1. The summed E-state index contributed by atoms with van der Waals surface area (Å²) in [6, 6.07) is 12.9. The van der Waals surface area contributed by atoms with Gasteiger partial charge >= 0.3 is 0 Å². The largest absolute Gasteiger partial charge is 0.507 e. The quantitative estimate of drug-likeness (QED) is 0.316. The van der Waals surface area contributed by atoms with Gasteiger partial charge in [0.2, 0.25) is 0 Å². The third-order valence-electron chi connectivity index (χ3n) is 5.49. The molecule has 1 aliphatic heterocycles. The van der Waals surface area contributed by atoms with E-state index in [1.807, 2.05) is 6.07 Å². The van der Waals surface area contributed by atoms with Crippen LogP contribution in [-0.4, -0.2) is 35.9 Å². The molecule has 1 saturated heterocycles. The van der Waals surface area contributed by atoms with Gasteiger partial charge in [-0.25, -0.2) is 0 Å². The number of hydrogen-bond donors (Lipinski definition) is 1. The van der Waals surface area contributed by atoms with Crippen LogP contribution in [0.15, 0.2) is 64.8 Å². The van der Waals surface area contributed by atoms with Gasteiger partial charge in [0, 0.05) is 6.54 Å². The van der Waals surface area contributed by atoms with Gasteiger partial charge in [0.15, 0.2) is 0 Å². The Morgan fingerprint density at radius 1 is 1.12 bits per heavy atom. The molecule has 1 atom stereocenters. The minimum atomic E-state index is -0.935. The summed E-state index contributed by atoms with van der Waals surface area (Å²) in [5, 5.41) is 11.6. The summed E-state index contributed by atoms with van der Waals surface area (Å²) in [6.45, 7) is 1.91. The molecule has 0 spiro atoms. The van der Waals surface area contributed by atoms with Crippen LogP contribution in [0, 0.1) is 6.92 Å². The number of ether oxygens (including phenoxy) is 2. The predicted molar refractivity (Wildman–Crippen MR) is 122 cm³/mol. The molecule has 1 N–H and O–H groups in total. The summed E-state index contributed by atoms with van der Waals surface area (Å²) < 4.78 is 16.2. The SMILES string of the molecule is COc1cccc(CN2C(=O)C(=O)/C(=C(\O)c3cc(C)cc(Cl)c3OC)C2c2ccco2)c1. The van der Waals surface area contributed by atoms with Crippen molar-refractivity contribution >= 4 is 29.1 Å². The number of furan rings is 1. The van der Waals surface area contributed by atoms with Gasteiger partial charge in [-0.2, -0.15) is 0 Å². The molecule has 1 amide bonds. The Bertz CT molecular complexity index is 1250. The highest BCUT2D eigenvalue weighted by Gasteiger charge is 2.47. The van der Waals surface area contributed by atoms with Crippen molar-refractivity contribution in [2.75, 3.05) is 14.2 Å². The minimum absolute atomic E-state index is 0.0992. The highest BCUT2D eigenvalue weighted by Crippen LogP contribution is 2.43. The van der Waals surface area contributed by atoms with Crippen LogP contribution in [0.2, 0.25) is 5.02 Å². The van der Waals surface area contributed by atoms with Gasteiger partial charge < -0.3 is 23.9 Å². The molecule has 0 saturated carbocycles. The van der Waals surface area contributed by atoms with Gasteiger partial charge in [-0.15, -0.1) is 0 Å². The van der Waals surface area contributed by atoms with E-state index in [2.05, 4.69) is 0 Å². The fourth-order valence-electron chi connectivity index (χ4n) is 4.01. The van der Waals surface area contributed by atoms with Crippen molar-refractivity contribution in [2.24, 2.45) is 0 Å². The van der Waals surface area contributed by atoms with Crippen LogP contribution in [0.1, 0.15) is 28.5 Å². The molecule has 1 unspecified atom stereocenters. The average molecular weight is 468 g/mol. The van der Waals surface area contributed by atoms with E-state index in [1.54, 1.807) is 56.5 Å². The van der Waals surface area contributed by atoms with Crippen molar-refractivity contribution in [1.29, 1.82) is 0 Å². The monoisotopic (exact) mass is 467 g/mol. The van der Waals surface area contributed by atoms with Gasteiger partial charge in [-0.1, -0.05) is 23.7 Å². The fourth-order valence-corrected chi connectivity index (χ4v) is 4.36. The van der Waals surface area contributed by atoms with Crippen LogP contribution < -0.4 is 9.47 Å². The number of hydrogen-bond acceptors (Lipinski definition) is 6. The Labute approximate surface area is 195 Å². The molecule has 170 valence electrons. The van der Waals surface area contributed by atoms with Crippen molar-refractivity contribution in [3.8, 4) is 11.5 Å². The van der Waals surface area contributed by atoms with Gasteiger partial charge in [-0.3, -0.25) is 9.59 Å². The fraction of sp³-hybridized carbons (Fsp3) is 0.200. The number of likely N-dealkylation sites (tertiary alicyclic amines) is 1. The molecule has 1 aromatic heterocycles. The zero-order chi connectivity index (χ0) is 23.7. The summed E-state index contributed by atoms with van der Waals surface area (Å²) in [5.41, 5.74) is 1.63. The summed E-state index contributed by atoms with van der Waals surface area (Å²) in [6.07, 6.45) is 1.45. The van der Waals surface area contributed by atoms with Crippen molar-refractivity contribution < 1.29 is 28.6 Å². The third-order valence-corrected chi connectivity index (χ3v) is 5.77. The van der Waals surface area contributed by atoms with Crippen molar-refractivity contribution in [3.63, 3.8) is 0 Å². The van der Waals surface area contributed by atoms with Crippen LogP contribution in [-0.2, 0) is 16.1 Å². The van der Waals surface area contributed by atoms with E-state index in [0.717, 1.165) is 11.1 Å². The Kier molecular flexibility index (Phi) is 6.16. The molecular weight excluding hydrogens is 446 g/mol. The number of amides is 1. The molecule has 0 radical (unpaired) electrons. The van der Waals surface area contributed by atoms with E-state index in [9.17, 15) is 14.7 Å². The zero-order valence-corrected chi connectivity index (χ0v) is 19.1. The van der Waals surface area contributed by atoms with Gasteiger partial charge in [0.1, 0.15) is 29.1 Å². The number of halogens is 1. The lowest BCUT2D eigenvalue weighted by atomic mass is 9.97. The Morgan fingerprint density at radius 3 is 2.58 bits per heavy atom. The molecular formula is C25H22ClNO6. The second-order valence-corrected chi connectivity index (χ2v) is 8.03.